The number of urea groups is 1. The van der Waals surface area contributed by atoms with Crippen LogP contribution in [0.3, 0.4) is 0 Å². The van der Waals surface area contributed by atoms with Crippen molar-refractivity contribution in [2.24, 2.45) is 5.92 Å². The Bertz CT molecular complexity index is 717. The minimum atomic E-state index is -0.858. The number of benzene rings is 1. The average molecular weight is 396 g/mol. The number of nitrogens with zero attached hydrogens (tertiary/aromatic N) is 1. The zero-order valence-corrected chi connectivity index (χ0v) is 16.3. The molecule has 1 aromatic rings. The van der Waals surface area contributed by atoms with Crippen molar-refractivity contribution in [2.75, 3.05) is 0 Å². The van der Waals surface area contributed by atoms with Gasteiger partial charge in [0, 0.05) is 9.92 Å². The fraction of sp³-hybridized carbons (Fsp3) is 0.500. The van der Waals surface area contributed by atoms with Gasteiger partial charge in [-0.25, -0.2) is 4.79 Å². The van der Waals surface area contributed by atoms with Crippen molar-refractivity contribution < 1.29 is 14.4 Å². The summed E-state index contributed by atoms with van der Waals surface area (Å²) >= 11 is 7.19. The summed E-state index contributed by atoms with van der Waals surface area (Å²) in [6.07, 6.45) is 2.99. The first-order chi connectivity index (χ1) is 12.3. The third-order valence-electron chi connectivity index (χ3n) is 5.01. The molecule has 1 aliphatic heterocycles. The summed E-state index contributed by atoms with van der Waals surface area (Å²) in [7, 11) is 0. The first kappa shape index (κ1) is 19.0. The number of carbonyl (C=O) groups is 3. The minimum Gasteiger partial charge on any atom is -0.322 e. The normalized spacial score (nSPS) is 26.7. The number of carbonyl (C=O) groups excluding carboxylic acids is 3. The largest absolute Gasteiger partial charge is 0.344 e. The summed E-state index contributed by atoms with van der Waals surface area (Å²) in [5.74, 6) is -0.203. The average Bonchev–Trinajstić information content (AvgIpc) is 2.84. The highest BCUT2D eigenvalue weighted by Crippen LogP contribution is 2.36. The van der Waals surface area contributed by atoms with Crippen LogP contribution in [0.15, 0.2) is 29.2 Å². The second-order valence-electron chi connectivity index (χ2n) is 7.03. The van der Waals surface area contributed by atoms with E-state index in [-0.39, 0.29) is 5.91 Å². The Kier molecular flexibility index (Phi) is 5.48. The number of thioether (sulfide) groups is 1. The lowest BCUT2D eigenvalue weighted by Gasteiger charge is -2.33. The quantitative estimate of drug-likeness (QED) is 0.605. The molecule has 2 N–H and O–H groups in total. The van der Waals surface area contributed by atoms with Gasteiger partial charge in [-0.2, -0.15) is 5.01 Å². The molecule has 140 valence electrons. The summed E-state index contributed by atoms with van der Waals surface area (Å²) in [4.78, 5) is 38.3. The van der Waals surface area contributed by atoms with Crippen molar-refractivity contribution >= 4 is 41.2 Å². The van der Waals surface area contributed by atoms with Gasteiger partial charge in [-0.05, 0) is 62.8 Å². The number of halogens is 1. The maximum Gasteiger partial charge on any atom is 0.344 e. The van der Waals surface area contributed by atoms with Crippen molar-refractivity contribution in [2.45, 2.75) is 55.2 Å². The standard InChI is InChI=1S/C18H22ClN3O3S/c1-11-7-9-18(10-8-11)16(24)22(17(25)20-18)21-15(23)12(2)26-14-5-3-13(19)4-6-14/h3-6,11-12H,7-10H2,1-2H3,(H,20,25)(H,21,23)/t11?,12-,18?/m0/s1. The Balaban J connectivity index is 1.62. The van der Waals surface area contributed by atoms with E-state index in [1.165, 1.54) is 11.8 Å². The number of hydrogen-bond acceptors (Lipinski definition) is 4. The maximum atomic E-state index is 12.8. The molecule has 1 saturated carbocycles. The Morgan fingerprint density at radius 2 is 1.92 bits per heavy atom. The van der Waals surface area contributed by atoms with Gasteiger partial charge in [0.2, 0.25) is 0 Å². The first-order valence-electron chi connectivity index (χ1n) is 8.70. The van der Waals surface area contributed by atoms with E-state index in [0.717, 1.165) is 22.7 Å². The van der Waals surface area contributed by atoms with Crippen molar-refractivity contribution in [1.82, 2.24) is 15.8 Å². The van der Waals surface area contributed by atoms with Gasteiger partial charge < -0.3 is 5.32 Å². The third-order valence-corrected chi connectivity index (χ3v) is 6.37. The lowest BCUT2D eigenvalue weighted by Crippen LogP contribution is -2.52. The van der Waals surface area contributed by atoms with Gasteiger partial charge in [0.15, 0.2) is 0 Å². The number of hydrazine groups is 1. The van der Waals surface area contributed by atoms with Crippen LogP contribution in [0.1, 0.15) is 39.5 Å². The highest BCUT2D eigenvalue weighted by molar-refractivity contribution is 8.00. The number of imide groups is 1. The zero-order chi connectivity index (χ0) is 18.9. The molecule has 4 amide bonds. The molecule has 3 rings (SSSR count). The van der Waals surface area contributed by atoms with Gasteiger partial charge in [-0.15, -0.1) is 11.8 Å². The molecule has 26 heavy (non-hydrogen) atoms. The second kappa shape index (κ2) is 7.48. The summed E-state index contributed by atoms with van der Waals surface area (Å²) in [6.45, 7) is 3.87. The second-order valence-corrected chi connectivity index (χ2v) is 8.88. The zero-order valence-electron chi connectivity index (χ0n) is 14.8. The van der Waals surface area contributed by atoms with Crippen LogP contribution in [0.25, 0.3) is 0 Å². The van der Waals surface area contributed by atoms with E-state index >= 15 is 0 Å². The van der Waals surface area contributed by atoms with Crippen LogP contribution in [0.4, 0.5) is 4.79 Å². The Morgan fingerprint density at radius 3 is 2.54 bits per heavy atom. The van der Waals surface area contributed by atoms with Gasteiger partial charge in [0.05, 0.1) is 5.25 Å². The predicted octanol–water partition coefficient (Wildman–Crippen LogP) is 3.35. The molecule has 1 spiro atoms. The predicted molar refractivity (Wildman–Crippen MR) is 101 cm³/mol. The Labute approximate surface area is 162 Å². The van der Waals surface area contributed by atoms with Crippen LogP contribution >= 0.6 is 23.4 Å². The molecule has 8 heteroatoms. The lowest BCUT2D eigenvalue weighted by molar-refractivity contribution is -0.139. The van der Waals surface area contributed by atoms with Gasteiger partial charge in [0.1, 0.15) is 5.54 Å². The Hall–Kier alpha value is -1.73. The van der Waals surface area contributed by atoms with Crippen LogP contribution in [-0.4, -0.2) is 33.6 Å². The highest BCUT2D eigenvalue weighted by atomic mass is 35.5. The molecule has 1 aliphatic carbocycles. The Morgan fingerprint density at radius 1 is 1.31 bits per heavy atom. The maximum absolute atomic E-state index is 12.8. The molecule has 0 bridgehead atoms. The molecule has 1 heterocycles. The first-order valence-corrected chi connectivity index (χ1v) is 9.96. The van der Waals surface area contributed by atoms with E-state index in [2.05, 4.69) is 17.7 Å². The van der Waals surface area contributed by atoms with E-state index in [9.17, 15) is 14.4 Å². The van der Waals surface area contributed by atoms with Gasteiger partial charge in [0.25, 0.3) is 11.8 Å². The monoisotopic (exact) mass is 395 g/mol. The van der Waals surface area contributed by atoms with Crippen LogP contribution in [0, 0.1) is 5.92 Å². The van der Waals surface area contributed by atoms with Crippen LogP contribution < -0.4 is 10.7 Å². The number of amides is 4. The SMILES string of the molecule is CC1CCC2(CC1)NC(=O)N(NC(=O)[C@H](C)Sc1ccc(Cl)cc1)C2=O. The number of hydrogen-bond donors (Lipinski definition) is 2. The molecule has 1 saturated heterocycles. The van der Waals surface area contributed by atoms with E-state index < -0.39 is 22.7 Å². The van der Waals surface area contributed by atoms with Gasteiger partial charge in [-0.1, -0.05) is 18.5 Å². The highest BCUT2D eigenvalue weighted by Gasteiger charge is 2.53. The molecule has 2 fully saturated rings. The molecule has 0 aromatic heterocycles. The van der Waals surface area contributed by atoms with E-state index in [1.807, 2.05) is 12.1 Å². The van der Waals surface area contributed by atoms with Crippen molar-refractivity contribution in [3.05, 3.63) is 29.3 Å². The van der Waals surface area contributed by atoms with Gasteiger partial charge in [-0.3, -0.25) is 15.0 Å². The molecular formula is C18H22ClN3O3S. The van der Waals surface area contributed by atoms with Crippen LogP contribution in [0.5, 0.6) is 0 Å². The minimum absolute atomic E-state index is 0.355. The summed E-state index contributed by atoms with van der Waals surface area (Å²) in [6, 6.07) is 6.59. The molecule has 1 atom stereocenters. The summed E-state index contributed by atoms with van der Waals surface area (Å²) < 4.78 is 0. The molecular weight excluding hydrogens is 374 g/mol. The van der Waals surface area contributed by atoms with E-state index in [0.29, 0.717) is 23.8 Å². The number of rotatable bonds is 4. The molecule has 0 radical (unpaired) electrons. The topological polar surface area (TPSA) is 78.5 Å². The molecule has 0 unspecified atom stereocenters. The lowest BCUT2D eigenvalue weighted by atomic mass is 9.77. The van der Waals surface area contributed by atoms with E-state index in [4.69, 9.17) is 11.6 Å². The molecule has 6 nitrogen and oxygen atoms in total. The summed E-state index contributed by atoms with van der Waals surface area (Å²) in [5, 5.41) is 3.79. The number of nitrogens with one attached hydrogen (secondary N) is 2. The summed E-state index contributed by atoms with van der Waals surface area (Å²) in [5.41, 5.74) is 1.62. The molecule has 1 aromatic carbocycles. The van der Waals surface area contributed by atoms with E-state index in [1.54, 1.807) is 19.1 Å². The molecule has 2 aliphatic rings. The third kappa shape index (κ3) is 3.83. The fourth-order valence-corrected chi connectivity index (χ4v) is 4.27. The van der Waals surface area contributed by atoms with Crippen molar-refractivity contribution in [3.8, 4) is 0 Å². The van der Waals surface area contributed by atoms with Crippen molar-refractivity contribution in [3.63, 3.8) is 0 Å². The van der Waals surface area contributed by atoms with Gasteiger partial charge >= 0.3 is 6.03 Å². The smallest absolute Gasteiger partial charge is 0.322 e. The van der Waals surface area contributed by atoms with Crippen LogP contribution in [-0.2, 0) is 9.59 Å². The van der Waals surface area contributed by atoms with Crippen molar-refractivity contribution in [1.29, 1.82) is 0 Å². The fourth-order valence-electron chi connectivity index (χ4n) is 3.29. The van der Waals surface area contributed by atoms with Crippen LogP contribution in [0.2, 0.25) is 5.02 Å².